The third-order valence-corrected chi connectivity index (χ3v) is 8.84. The van der Waals surface area contributed by atoms with Gasteiger partial charge in [-0.3, -0.25) is 9.89 Å². The molecule has 4 nitrogen and oxygen atoms in total. The Morgan fingerprint density at radius 2 is 1.80 bits per heavy atom. The molecule has 4 unspecified atom stereocenters. The lowest BCUT2D eigenvalue weighted by molar-refractivity contribution is 0.175. The highest BCUT2D eigenvalue weighted by molar-refractivity contribution is 5.90. The minimum absolute atomic E-state index is 0.255. The number of piperidine rings is 1. The number of rotatable bonds is 11. The van der Waals surface area contributed by atoms with Crippen LogP contribution in [-0.2, 0) is 11.3 Å². The number of methoxy groups -OCH3 is 1. The molecule has 0 radical (unpaired) electrons. The monoisotopic (exact) mass is 546 g/mol. The van der Waals surface area contributed by atoms with E-state index in [1.54, 1.807) is 7.11 Å². The molecule has 40 heavy (non-hydrogen) atoms. The van der Waals surface area contributed by atoms with Gasteiger partial charge >= 0.3 is 0 Å². The minimum Gasteiger partial charge on any atom is -0.490 e. The lowest BCUT2D eigenvalue weighted by atomic mass is 9.75. The van der Waals surface area contributed by atoms with Gasteiger partial charge in [0.2, 0.25) is 0 Å². The van der Waals surface area contributed by atoms with Crippen LogP contribution in [0.1, 0.15) is 71.8 Å². The van der Waals surface area contributed by atoms with Crippen molar-refractivity contribution in [3.8, 4) is 5.75 Å². The number of hydrogen-bond acceptors (Lipinski definition) is 4. The van der Waals surface area contributed by atoms with Gasteiger partial charge in [-0.15, -0.1) is 0 Å². The molecule has 4 rings (SSSR count). The Kier molecular flexibility index (Phi) is 12.9. The molecule has 1 aromatic carbocycles. The second-order valence-corrected chi connectivity index (χ2v) is 11.6. The molecule has 0 aromatic heterocycles. The number of nitrogens with zero attached hydrogens (tertiary/aromatic N) is 2. The van der Waals surface area contributed by atoms with E-state index in [-0.39, 0.29) is 12.0 Å². The number of likely N-dealkylation sites (tertiary alicyclic amines) is 1. The Labute approximate surface area is 244 Å². The van der Waals surface area contributed by atoms with E-state index >= 15 is 0 Å². The Bertz CT molecular complexity index is 1040. The summed E-state index contributed by atoms with van der Waals surface area (Å²) in [7, 11) is 3.63. The summed E-state index contributed by atoms with van der Waals surface area (Å²) in [6, 6.07) is 8.75. The van der Waals surface area contributed by atoms with Crippen molar-refractivity contribution in [2.75, 3.05) is 33.9 Å². The molecule has 4 heteroatoms. The molecule has 0 spiro atoms. The van der Waals surface area contributed by atoms with Crippen LogP contribution in [0.15, 0.2) is 77.4 Å². The van der Waals surface area contributed by atoms with Gasteiger partial charge in [-0.2, -0.15) is 0 Å². The van der Waals surface area contributed by atoms with E-state index in [9.17, 15) is 0 Å². The second kappa shape index (κ2) is 16.1. The average Bonchev–Trinajstić information content (AvgIpc) is 3.30. The number of benzene rings is 1. The summed E-state index contributed by atoms with van der Waals surface area (Å²) in [4.78, 5) is 7.17. The summed E-state index contributed by atoms with van der Waals surface area (Å²) in [6.07, 6.45) is 14.0. The van der Waals surface area contributed by atoms with Gasteiger partial charge in [-0.25, -0.2) is 0 Å². The number of ether oxygens (including phenoxy) is 2. The van der Waals surface area contributed by atoms with Crippen LogP contribution < -0.4 is 4.74 Å². The zero-order chi connectivity index (χ0) is 29.1. The fourth-order valence-corrected chi connectivity index (χ4v) is 6.33. The fraction of sp³-hybridized carbons (Fsp3) is 0.583. The topological polar surface area (TPSA) is 34.1 Å². The largest absolute Gasteiger partial charge is 0.490 e. The maximum Gasteiger partial charge on any atom is 0.119 e. The molecule has 1 aromatic rings. The Balaban J connectivity index is 0.00000216. The maximum absolute atomic E-state index is 6.21. The third-order valence-electron chi connectivity index (χ3n) is 8.84. The van der Waals surface area contributed by atoms with Crippen LogP contribution in [-0.4, -0.2) is 50.6 Å². The van der Waals surface area contributed by atoms with Gasteiger partial charge in [0.25, 0.3) is 0 Å². The molecular weight excluding hydrogens is 492 g/mol. The molecule has 1 heterocycles. The molecule has 2 aliphatic carbocycles. The average molecular weight is 547 g/mol. The van der Waals surface area contributed by atoms with Crippen LogP contribution in [0.5, 0.6) is 5.75 Å². The molecule has 1 aliphatic heterocycles. The Morgan fingerprint density at radius 3 is 2.38 bits per heavy atom. The molecule has 4 atom stereocenters. The van der Waals surface area contributed by atoms with Gasteiger partial charge in [0, 0.05) is 44.7 Å². The smallest absolute Gasteiger partial charge is 0.119 e. The van der Waals surface area contributed by atoms with E-state index < -0.39 is 0 Å². The van der Waals surface area contributed by atoms with Crippen molar-refractivity contribution >= 4 is 5.71 Å². The highest BCUT2D eigenvalue weighted by atomic mass is 16.5. The van der Waals surface area contributed by atoms with Crippen LogP contribution in [0.3, 0.4) is 0 Å². The van der Waals surface area contributed by atoms with Gasteiger partial charge in [0.1, 0.15) is 11.9 Å². The molecule has 2 fully saturated rings. The summed E-state index contributed by atoms with van der Waals surface area (Å²) in [5, 5.41) is 0. The molecule has 1 saturated carbocycles. The zero-order valence-corrected chi connectivity index (χ0v) is 26.1. The second-order valence-electron chi connectivity index (χ2n) is 11.6. The predicted molar refractivity (Wildman–Crippen MR) is 171 cm³/mol. The Morgan fingerprint density at radius 1 is 1.10 bits per heavy atom. The first kappa shape index (κ1) is 32.1. The summed E-state index contributed by atoms with van der Waals surface area (Å²) in [5.41, 5.74) is 6.53. The first-order chi connectivity index (χ1) is 19.4. The van der Waals surface area contributed by atoms with Crippen molar-refractivity contribution in [2.24, 2.45) is 28.7 Å². The standard InChI is InChI=1S/C34H48N2O2.C2H6/c1-7-27-10-13-32(34(35-5)23-37-6)33(21-27)26(4)18-28-14-16-36(17-15-28)22-29-8-11-30(12-9-29)38-31-19-24(2)25(3)20-31;1-2/h8-13,21,25,28,31-33H,2,4,7,14-20,22-23H2,1,3,5-6H3;1-2H3. The van der Waals surface area contributed by atoms with E-state index in [0.29, 0.717) is 24.4 Å². The number of hydrogen-bond donors (Lipinski definition) is 0. The summed E-state index contributed by atoms with van der Waals surface area (Å²) in [6.45, 7) is 21.1. The normalized spacial score (nSPS) is 25.8. The number of allylic oxidation sites excluding steroid dienone is 5. The van der Waals surface area contributed by atoms with E-state index in [2.05, 4.69) is 79.4 Å². The van der Waals surface area contributed by atoms with E-state index in [1.165, 1.54) is 35.1 Å². The van der Waals surface area contributed by atoms with Crippen LogP contribution in [0, 0.1) is 23.7 Å². The van der Waals surface area contributed by atoms with Gasteiger partial charge < -0.3 is 9.47 Å². The van der Waals surface area contributed by atoms with Crippen LogP contribution >= 0.6 is 0 Å². The lowest BCUT2D eigenvalue weighted by Crippen LogP contribution is -2.34. The van der Waals surface area contributed by atoms with Crippen molar-refractivity contribution in [3.05, 3.63) is 77.9 Å². The van der Waals surface area contributed by atoms with Crippen LogP contribution in [0.2, 0.25) is 0 Å². The lowest BCUT2D eigenvalue weighted by Gasteiger charge is -2.35. The van der Waals surface area contributed by atoms with Gasteiger partial charge in [-0.1, -0.05) is 87.9 Å². The molecule has 0 N–H and O–H groups in total. The molecular formula is C36H54N2O2. The summed E-state index contributed by atoms with van der Waals surface area (Å²) in [5.74, 6) is 2.82. The third kappa shape index (κ3) is 8.78. The number of aliphatic imine (C=N–C) groups is 1. The first-order valence-electron chi connectivity index (χ1n) is 15.6. The molecule has 1 saturated heterocycles. The van der Waals surface area contributed by atoms with Crippen LogP contribution in [0.4, 0.5) is 0 Å². The van der Waals surface area contributed by atoms with Gasteiger partial charge in [-0.05, 0) is 74.7 Å². The molecule has 0 amide bonds. The zero-order valence-electron chi connectivity index (χ0n) is 26.1. The van der Waals surface area contributed by atoms with Crippen molar-refractivity contribution < 1.29 is 9.47 Å². The van der Waals surface area contributed by atoms with E-state index in [0.717, 1.165) is 56.8 Å². The highest BCUT2D eigenvalue weighted by Crippen LogP contribution is 2.36. The van der Waals surface area contributed by atoms with Crippen molar-refractivity contribution in [2.45, 2.75) is 78.9 Å². The Hall–Kier alpha value is -2.43. The van der Waals surface area contributed by atoms with E-state index in [4.69, 9.17) is 9.47 Å². The molecule has 3 aliphatic rings. The van der Waals surface area contributed by atoms with Crippen molar-refractivity contribution in [1.82, 2.24) is 4.90 Å². The van der Waals surface area contributed by atoms with Gasteiger partial charge in [0.05, 0.1) is 6.61 Å². The SMILES string of the molecule is C=C1CC(Oc2ccc(CN3CCC(CC(=C)C4C=C(CC)C=CC4C(COC)=NC)CC3)cc2)CC1C.CC. The summed E-state index contributed by atoms with van der Waals surface area (Å²) >= 11 is 0. The first-order valence-corrected chi connectivity index (χ1v) is 15.6. The van der Waals surface area contributed by atoms with Crippen molar-refractivity contribution in [1.29, 1.82) is 0 Å². The molecule has 0 bridgehead atoms. The van der Waals surface area contributed by atoms with E-state index in [1.807, 2.05) is 20.9 Å². The predicted octanol–water partition coefficient (Wildman–Crippen LogP) is 8.46. The van der Waals surface area contributed by atoms with Crippen LogP contribution in [0.25, 0.3) is 0 Å². The molecule has 220 valence electrons. The van der Waals surface area contributed by atoms with Gasteiger partial charge in [0.15, 0.2) is 0 Å². The quantitative estimate of drug-likeness (QED) is 0.206. The van der Waals surface area contributed by atoms with Crippen molar-refractivity contribution in [3.63, 3.8) is 0 Å². The summed E-state index contributed by atoms with van der Waals surface area (Å²) < 4.78 is 11.7. The highest BCUT2D eigenvalue weighted by Gasteiger charge is 2.30. The minimum atomic E-state index is 0.255. The maximum atomic E-state index is 6.21. The fourth-order valence-electron chi connectivity index (χ4n) is 6.33.